The summed E-state index contributed by atoms with van der Waals surface area (Å²) in [5.41, 5.74) is 1.98. The number of halogens is 1. The first-order valence-electron chi connectivity index (χ1n) is 8.48. The summed E-state index contributed by atoms with van der Waals surface area (Å²) in [5, 5.41) is 12.4. The van der Waals surface area contributed by atoms with Gasteiger partial charge in [-0.1, -0.05) is 23.7 Å². The minimum atomic E-state index is -0.251. The molecule has 4 rings (SSSR count). The minimum Gasteiger partial charge on any atom is -0.360 e. The number of nitrogens with one attached hydrogen (secondary N) is 2. The molecule has 0 radical (unpaired) electrons. The van der Waals surface area contributed by atoms with Crippen LogP contribution in [0.3, 0.4) is 0 Å². The maximum Gasteiger partial charge on any atom is 0.258 e. The number of rotatable bonds is 4. The molecule has 1 amide bonds. The third kappa shape index (κ3) is 3.29. The Morgan fingerprint density at radius 1 is 1.26 bits per heavy atom. The van der Waals surface area contributed by atoms with Crippen LogP contribution in [0.5, 0.6) is 0 Å². The van der Waals surface area contributed by atoms with Gasteiger partial charge in [0.2, 0.25) is 0 Å². The first-order chi connectivity index (χ1) is 13.0. The highest BCUT2D eigenvalue weighted by Crippen LogP contribution is 2.24. The molecule has 0 unspecified atom stereocenters. The van der Waals surface area contributed by atoms with Gasteiger partial charge in [-0.3, -0.25) is 4.79 Å². The van der Waals surface area contributed by atoms with E-state index >= 15 is 0 Å². The highest BCUT2D eigenvalue weighted by molar-refractivity contribution is 6.31. The summed E-state index contributed by atoms with van der Waals surface area (Å²) < 4.78 is 1.93. The van der Waals surface area contributed by atoms with E-state index in [1.807, 2.05) is 36.6 Å². The largest absolute Gasteiger partial charge is 0.360 e. The van der Waals surface area contributed by atoms with E-state index < -0.39 is 0 Å². The Morgan fingerprint density at radius 3 is 2.93 bits per heavy atom. The lowest BCUT2D eigenvalue weighted by Crippen LogP contribution is -2.13. The summed E-state index contributed by atoms with van der Waals surface area (Å²) >= 11 is 5.99. The van der Waals surface area contributed by atoms with Gasteiger partial charge in [0.25, 0.3) is 5.91 Å². The highest BCUT2D eigenvalue weighted by atomic mass is 35.5. The molecule has 0 aliphatic rings. The maximum absolute atomic E-state index is 12.7. The van der Waals surface area contributed by atoms with Gasteiger partial charge >= 0.3 is 0 Å². The Morgan fingerprint density at radius 2 is 2.11 bits per heavy atom. The number of carbonyl (C=O) groups is 1. The van der Waals surface area contributed by atoms with Gasteiger partial charge in [0.1, 0.15) is 17.8 Å². The summed E-state index contributed by atoms with van der Waals surface area (Å²) in [6.07, 6.45) is 3.33. The number of nitrogens with zero attached hydrogens (tertiary/aromatic N) is 4. The van der Waals surface area contributed by atoms with Crippen LogP contribution in [0.15, 0.2) is 48.9 Å². The van der Waals surface area contributed by atoms with Crippen LogP contribution in [0.1, 0.15) is 30.2 Å². The van der Waals surface area contributed by atoms with Gasteiger partial charge in [0.05, 0.1) is 5.56 Å². The molecule has 3 heterocycles. The molecule has 3 aromatic heterocycles. The van der Waals surface area contributed by atoms with Crippen LogP contribution < -0.4 is 5.32 Å². The number of hydrogen-bond donors (Lipinski definition) is 2. The van der Waals surface area contributed by atoms with Crippen LogP contribution in [0, 0.1) is 0 Å². The standard InChI is InChI=1S/C19H17ClN6O/c1-11(2)26-10-22-25-18(26)15-4-3-5-17(23-15)24-19(27)14-9-21-16-8-12(20)6-7-13(14)16/h3-11,21H,1-2H3,(H,23,24,27). The molecule has 27 heavy (non-hydrogen) atoms. The normalized spacial score (nSPS) is 11.3. The van der Waals surface area contributed by atoms with Gasteiger partial charge in [-0.2, -0.15) is 0 Å². The minimum absolute atomic E-state index is 0.202. The molecule has 0 atom stereocenters. The molecular weight excluding hydrogens is 364 g/mol. The summed E-state index contributed by atoms with van der Waals surface area (Å²) in [6.45, 7) is 4.09. The molecule has 0 bridgehead atoms. The first-order valence-corrected chi connectivity index (χ1v) is 8.85. The number of benzene rings is 1. The number of carbonyl (C=O) groups excluding carboxylic acids is 1. The number of fused-ring (bicyclic) bond motifs is 1. The molecular formula is C19H17ClN6O. The average Bonchev–Trinajstić information content (AvgIpc) is 3.28. The summed E-state index contributed by atoms with van der Waals surface area (Å²) in [7, 11) is 0. The molecule has 0 aliphatic carbocycles. The monoisotopic (exact) mass is 380 g/mol. The predicted octanol–water partition coefficient (Wildman–Crippen LogP) is 4.31. The number of aromatic nitrogens is 5. The summed E-state index contributed by atoms with van der Waals surface area (Å²) in [6, 6.07) is 11.0. The number of H-pyrrole nitrogens is 1. The number of amides is 1. The lowest BCUT2D eigenvalue weighted by molar-refractivity contribution is 0.102. The number of anilines is 1. The first kappa shape index (κ1) is 17.2. The van der Waals surface area contributed by atoms with Crippen molar-refractivity contribution in [3.8, 4) is 11.5 Å². The van der Waals surface area contributed by atoms with Crippen molar-refractivity contribution < 1.29 is 4.79 Å². The third-order valence-electron chi connectivity index (χ3n) is 4.24. The summed E-state index contributed by atoms with van der Waals surface area (Å²) in [5.74, 6) is 0.848. The van der Waals surface area contributed by atoms with Crippen LogP contribution in [-0.4, -0.2) is 30.6 Å². The smallest absolute Gasteiger partial charge is 0.258 e. The Labute approximate surface area is 160 Å². The van der Waals surface area contributed by atoms with Crippen molar-refractivity contribution in [1.82, 2.24) is 24.7 Å². The molecule has 0 saturated heterocycles. The third-order valence-corrected chi connectivity index (χ3v) is 4.47. The highest BCUT2D eigenvalue weighted by Gasteiger charge is 2.15. The number of aromatic amines is 1. The topological polar surface area (TPSA) is 88.5 Å². The van der Waals surface area contributed by atoms with Crippen molar-refractivity contribution in [2.45, 2.75) is 19.9 Å². The molecule has 1 aromatic carbocycles. The van der Waals surface area contributed by atoms with Crippen molar-refractivity contribution >= 4 is 34.2 Å². The van der Waals surface area contributed by atoms with Crippen molar-refractivity contribution in [2.24, 2.45) is 0 Å². The molecule has 7 nitrogen and oxygen atoms in total. The molecule has 2 N–H and O–H groups in total. The van der Waals surface area contributed by atoms with Gasteiger partial charge in [-0.25, -0.2) is 4.98 Å². The van der Waals surface area contributed by atoms with Crippen LogP contribution >= 0.6 is 11.6 Å². The molecule has 0 saturated carbocycles. The Bertz CT molecular complexity index is 1130. The number of pyridine rings is 1. The zero-order valence-electron chi connectivity index (χ0n) is 14.8. The molecule has 8 heteroatoms. The van der Waals surface area contributed by atoms with Crippen molar-refractivity contribution in [1.29, 1.82) is 0 Å². The van der Waals surface area contributed by atoms with Crippen LogP contribution in [0.25, 0.3) is 22.4 Å². The number of hydrogen-bond acceptors (Lipinski definition) is 4. The van der Waals surface area contributed by atoms with Gasteiger partial charge in [0, 0.05) is 28.2 Å². The van der Waals surface area contributed by atoms with Gasteiger partial charge in [-0.05, 0) is 38.1 Å². The maximum atomic E-state index is 12.7. The van der Waals surface area contributed by atoms with E-state index in [2.05, 4.69) is 25.5 Å². The second kappa shape index (κ2) is 6.85. The molecule has 4 aromatic rings. The van der Waals surface area contributed by atoms with Crippen molar-refractivity contribution in [2.75, 3.05) is 5.32 Å². The second-order valence-electron chi connectivity index (χ2n) is 6.41. The zero-order valence-corrected chi connectivity index (χ0v) is 15.5. The molecule has 0 spiro atoms. The van der Waals surface area contributed by atoms with E-state index in [-0.39, 0.29) is 11.9 Å². The molecule has 136 valence electrons. The molecule has 0 aliphatic heterocycles. The van der Waals surface area contributed by atoms with Crippen LogP contribution in [-0.2, 0) is 0 Å². The lowest BCUT2D eigenvalue weighted by Gasteiger charge is -2.10. The SMILES string of the molecule is CC(C)n1cnnc1-c1cccc(NC(=O)c2c[nH]c3cc(Cl)ccc23)n1. The Balaban J connectivity index is 1.63. The van der Waals surface area contributed by atoms with Gasteiger partial charge in [0.15, 0.2) is 5.82 Å². The fourth-order valence-electron chi connectivity index (χ4n) is 2.90. The fraction of sp³-hybridized carbons (Fsp3) is 0.158. The van der Waals surface area contributed by atoms with Crippen LogP contribution in [0.2, 0.25) is 5.02 Å². The van der Waals surface area contributed by atoms with Gasteiger partial charge < -0.3 is 14.9 Å². The predicted molar refractivity (Wildman–Crippen MR) is 105 cm³/mol. The lowest BCUT2D eigenvalue weighted by atomic mass is 10.1. The van der Waals surface area contributed by atoms with E-state index in [1.54, 1.807) is 30.7 Å². The zero-order chi connectivity index (χ0) is 19.0. The van der Waals surface area contributed by atoms with Gasteiger partial charge in [-0.15, -0.1) is 10.2 Å². The van der Waals surface area contributed by atoms with E-state index in [1.165, 1.54) is 0 Å². The van der Waals surface area contributed by atoms with E-state index in [4.69, 9.17) is 11.6 Å². The Hall–Kier alpha value is -3.19. The van der Waals surface area contributed by atoms with Crippen molar-refractivity contribution in [3.05, 3.63) is 59.5 Å². The van der Waals surface area contributed by atoms with E-state index in [0.717, 1.165) is 10.9 Å². The second-order valence-corrected chi connectivity index (χ2v) is 6.85. The summed E-state index contributed by atoms with van der Waals surface area (Å²) in [4.78, 5) is 20.3. The van der Waals surface area contributed by atoms with E-state index in [9.17, 15) is 4.79 Å². The molecule has 0 fully saturated rings. The average molecular weight is 381 g/mol. The van der Waals surface area contributed by atoms with E-state index in [0.29, 0.717) is 27.9 Å². The van der Waals surface area contributed by atoms with Crippen molar-refractivity contribution in [3.63, 3.8) is 0 Å². The Kier molecular flexibility index (Phi) is 4.37. The van der Waals surface area contributed by atoms with Crippen LogP contribution in [0.4, 0.5) is 5.82 Å². The quantitative estimate of drug-likeness (QED) is 0.552. The fourth-order valence-corrected chi connectivity index (χ4v) is 3.07.